The maximum atomic E-state index is 13.1. The summed E-state index contributed by atoms with van der Waals surface area (Å²) in [5, 5.41) is 4.29. The molecule has 0 aromatic carbocycles. The molecule has 8 heteroatoms. The van der Waals surface area contributed by atoms with Crippen molar-refractivity contribution in [3.63, 3.8) is 0 Å². The number of carbonyl (C=O) groups is 3. The minimum atomic E-state index is -1.08. The van der Waals surface area contributed by atoms with Gasteiger partial charge in [0.15, 0.2) is 11.7 Å². The minimum Gasteiger partial charge on any atom is -0.468 e. The lowest BCUT2D eigenvalue weighted by Crippen LogP contribution is -2.46. The number of ketones is 1. The SMILES string of the molecule is COC(=O)C(C(=O)C1CCCN(C(=O)OC(C)(C)C)C1)c1cc(C)n(C)n1. The van der Waals surface area contributed by atoms with Gasteiger partial charge in [-0.25, -0.2) is 4.79 Å². The Morgan fingerprint density at radius 3 is 2.48 bits per heavy atom. The van der Waals surface area contributed by atoms with Crippen LogP contribution in [-0.4, -0.2) is 58.3 Å². The summed E-state index contributed by atoms with van der Waals surface area (Å²) in [7, 11) is 3.01. The summed E-state index contributed by atoms with van der Waals surface area (Å²) < 4.78 is 11.9. The standard InChI is InChI=1S/C19H29N3O5/c1-12-10-14(20-21(12)5)15(17(24)26-6)16(23)13-8-7-9-22(11-13)18(25)27-19(2,3)4/h10,13,15H,7-9,11H2,1-6H3. The molecule has 1 fully saturated rings. The second-order valence-electron chi connectivity index (χ2n) is 7.96. The molecule has 0 radical (unpaired) electrons. The predicted molar refractivity (Wildman–Crippen MR) is 98.2 cm³/mol. The smallest absolute Gasteiger partial charge is 0.410 e. The molecule has 2 unspecified atom stereocenters. The maximum Gasteiger partial charge on any atom is 0.410 e. The lowest BCUT2D eigenvalue weighted by molar-refractivity contribution is -0.147. The molecule has 0 N–H and O–H groups in total. The number of piperidine rings is 1. The second kappa shape index (κ2) is 8.10. The van der Waals surface area contributed by atoms with Gasteiger partial charge in [-0.1, -0.05) is 0 Å². The lowest BCUT2D eigenvalue weighted by Gasteiger charge is -2.34. The molecule has 8 nitrogen and oxygen atoms in total. The van der Waals surface area contributed by atoms with Gasteiger partial charge in [0.25, 0.3) is 0 Å². The normalized spacial score (nSPS) is 18.7. The number of ether oxygens (including phenoxy) is 2. The van der Waals surface area contributed by atoms with Gasteiger partial charge in [0.2, 0.25) is 0 Å². The van der Waals surface area contributed by atoms with Crippen LogP contribution in [0.25, 0.3) is 0 Å². The molecule has 27 heavy (non-hydrogen) atoms. The highest BCUT2D eigenvalue weighted by Crippen LogP contribution is 2.28. The molecule has 1 aliphatic heterocycles. The van der Waals surface area contributed by atoms with Gasteiger partial charge in [-0.3, -0.25) is 14.3 Å². The summed E-state index contributed by atoms with van der Waals surface area (Å²) in [6, 6.07) is 1.72. The molecule has 0 aliphatic carbocycles. The van der Waals surface area contributed by atoms with E-state index in [1.165, 1.54) is 12.0 Å². The van der Waals surface area contributed by atoms with Crippen molar-refractivity contribution in [2.75, 3.05) is 20.2 Å². The summed E-state index contributed by atoms with van der Waals surface area (Å²) >= 11 is 0. The Morgan fingerprint density at radius 1 is 1.30 bits per heavy atom. The van der Waals surface area contributed by atoms with Crippen LogP contribution < -0.4 is 0 Å². The van der Waals surface area contributed by atoms with Crippen LogP contribution in [0.5, 0.6) is 0 Å². The molecule has 150 valence electrons. The molecule has 2 rings (SSSR count). The number of esters is 1. The first-order valence-electron chi connectivity index (χ1n) is 9.13. The Labute approximate surface area is 159 Å². The van der Waals surface area contributed by atoms with E-state index < -0.39 is 29.5 Å². The van der Waals surface area contributed by atoms with Crippen molar-refractivity contribution in [1.82, 2.24) is 14.7 Å². The van der Waals surface area contributed by atoms with Crippen LogP contribution >= 0.6 is 0 Å². The fraction of sp³-hybridized carbons (Fsp3) is 0.684. The highest BCUT2D eigenvalue weighted by Gasteiger charge is 2.39. The number of nitrogens with zero attached hydrogens (tertiary/aromatic N) is 3. The number of likely N-dealkylation sites (tertiary alicyclic amines) is 1. The third-order valence-electron chi connectivity index (χ3n) is 4.63. The van der Waals surface area contributed by atoms with Crippen molar-refractivity contribution in [3.8, 4) is 0 Å². The number of aryl methyl sites for hydroxylation is 2. The number of carbonyl (C=O) groups excluding carboxylic acids is 3. The van der Waals surface area contributed by atoms with E-state index >= 15 is 0 Å². The molecule has 1 saturated heterocycles. The van der Waals surface area contributed by atoms with Crippen molar-refractivity contribution < 1.29 is 23.9 Å². The summed E-state index contributed by atoms with van der Waals surface area (Å²) in [5.74, 6) is -2.45. The third-order valence-corrected chi connectivity index (χ3v) is 4.63. The molecule has 1 aromatic rings. The Bertz CT molecular complexity index is 700. The first kappa shape index (κ1) is 20.9. The van der Waals surface area contributed by atoms with Crippen molar-refractivity contribution >= 4 is 17.8 Å². The first-order chi connectivity index (χ1) is 12.5. The molecule has 0 bridgehead atoms. The quantitative estimate of drug-likeness (QED) is 0.588. The van der Waals surface area contributed by atoms with Gasteiger partial charge < -0.3 is 14.4 Å². The monoisotopic (exact) mass is 379 g/mol. The molecule has 2 heterocycles. The largest absolute Gasteiger partial charge is 0.468 e. The molecule has 1 amide bonds. The molecule has 2 atom stereocenters. The molecule has 1 aliphatic rings. The Hall–Kier alpha value is -2.38. The van der Waals surface area contributed by atoms with Gasteiger partial charge in [0.1, 0.15) is 5.60 Å². The molecule has 1 aromatic heterocycles. The fourth-order valence-electron chi connectivity index (χ4n) is 3.17. The van der Waals surface area contributed by atoms with E-state index in [2.05, 4.69) is 5.10 Å². The zero-order valence-electron chi connectivity index (χ0n) is 16.9. The van der Waals surface area contributed by atoms with Crippen LogP contribution in [0.2, 0.25) is 0 Å². The molecular formula is C19H29N3O5. The van der Waals surface area contributed by atoms with Crippen molar-refractivity contribution in [1.29, 1.82) is 0 Å². The number of hydrogen-bond acceptors (Lipinski definition) is 6. The van der Waals surface area contributed by atoms with Crippen LogP contribution in [0, 0.1) is 12.8 Å². The van der Waals surface area contributed by atoms with Crippen molar-refractivity contribution in [2.45, 2.75) is 52.1 Å². The highest BCUT2D eigenvalue weighted by atomic mass is 16.6. The van der Waals surface area contributed by atoms with E-state index in [9.17, 15) is 14.4 Å². The maximum absolute atomic E-state index is 13.1. The van der Waals surface area contributed by atoms with E-state index in [0.717, 1.165) is 5.69 Å². The van der Waals surface area contributed by atoms with Gasteiger partial charge in [0.05, 0.1) is 12.8 Å². The Kier molecular flexibility index (Phi) is 6.28. The van der Waals surface area contributed by atoms with Crippen LogP contribution in [0.3, 0.4) is 0 Å². The zero-order valence-corrected chi connectivity index (χ0v) is 16.9. The van der Waals surface area contributed by atoms with E-state index in [0.29, 0.717) is 25.1 Å². The minimum absolute atomic E-state index is 0.229. The van der Waals surface area contributed by atoms with Gasteiger partial charge in [-0.05, 0) is 46.6 Å². The van der Waals surface area contributed by atoms with E-state index in [1.54, 1.807) is 38.6 Å². The number of hydrogen-bond donors (Lipinski definition) is 0. The highest BCUT2D eigenvalue weighted by molar-refractivity contribution is 6.05. The number of methoxy groups -OCH3 is 1. The second-order valence-corrected chi connectivity index (χ2v) is 7.96. The summed E-state index contributed by atoms with van der Waals surface area (Å²) in [6.45, 7) is 8.01. The van der Waals surface area contributed by atoms with Crippen LogP contribution in [0.4, 0.5) is 4.79 Å². The van der Waals surface area contributed by atoms with E-state index in [1.807, 2.05) is 6.92 Å². The summed E-state index contributed by atoms with van der Waals surface area (Å²) in [6.07, 6.45) is 0.839. The average molecular weight is 379 g/mol. The van der Waals surface area contributed by atoms with Crippen molar-refractivity contribution in [2.24, 2.45) is 13.0 Å². The van der Waals surface area contributed by atoms with Crippen LogP contribution in [-0.2, 0) is 26.1 Å². The lowest BCUT2D eigenvalue weighted by atomic mass is 9.85. The number of amides is 1. The summed E-state index contributed by atoms with van der Waals surface area (Å²) in [5.41, 5.74) is 0.612. The molecule has 0 spiro atoms. The van der Waals surface area contributed by atoms with Gasteiger partial charge in [-0.15, -0.1) is 0 Å². The first-order valence-corrected chi connectivity index (χ1v) is 9.13. The number of aromatic nitrogens is 2. The Balaban J connectivity index is 2.19. The average Bonchev–Trinajstić information content (AvgIpc) is 2.91. The van der Waals surface area contributed by atoms with Gasteiger partial charge >= 0.3 is 12.1 Å². The van der Waals surface area contributed by atoms with Crippen LogP contribution in [0.1, 0.15) is 50.9 Å². The molecular weight excluding hydrogens is 350 g/mol. The predicted octanol–water partition coefficient (Wildman–Crippen LogP) is 2.20. The van der Waals surface area contributed by atoms with Crippen LogP contribution in [0.15, 0.2) is 6.07 Å². The number of rotatable bonds is 4. The topological polar surface area (TPSA) is 90.7 Å². The van der Waals surface area contributed by atoms with E-state index in [4.69, 9.17) is 9.47 Å². The Morgan fingerprint density at radius 2 is 1.96 bits per heavy atom. The van der Waals surface area contributed by atoms with Gasteiger partial charge in [-0.2, -0.15) is 5.10 Å². The fourth-order valence-corrected chi connectivity index (χ4v) is 3.17. The third kappa shape index (κ3) is 5.08. The summed E-state index contributed by atoms with van der Waals surface area (Å²) in [4.78, 5) is 39.3. The number of Topliss-reactive ketones (excluding diaryl/α,β-unsaturated/α-hetero) is 1. The van der Waals surface area contributed by atoms with Gasteiger partial charge in [0, 0.05) is 31.7 Å². The zero-order chi connectivity index (χ0) is 20.4. The van der Waals surface area contributed by atoms with E-state index in [-0.39, 0.29) is 12.3 Å². The van der Waals surface area contributed by atoms with Crippen molar-refractivity contribution in [3.05, 3.63) is 17.5 Å². The molecule has 0 saturated carbocycles.